The van der Waals surface area contributed by atoms with E-state index in [0.717, 1.165) is 5.69 Å². The maximum Gasteiger partial charge on any atom is 0.231 e. The highest BCUT2D eigenvalue weighted by molar-refractivity contribution is 6.49. The van der Waals surface area contributed by atoms with Crippen LogP contribution >= 0.6 is 0 Å². The SMILES string of the molecule is CC1=NN(c2ccccc2)[C@@H]2Nc3ccccc3C(=O)C(=O)[C@H]12. The van der Waals surface area contributed by atoms with Crippen molar-refractivity contribution < 1.29 is 9.59 Å². The molecule has 0 aliphatic carbocycles. The smallest absolute Gasteiger partial charge is 0.231 e. The van der Waals surface area contributed by atoms with Crippen molar-refractivity contribution in [1.82, 2.24) is 0 Å². The highest BCUT2D eigenvalue weighted by atomic mass is 16.2. The Morgan fingerprint density at radius 2 is 1.70 bits per heavy atom. The van der Waals surface area contributed by atoms with Crippen molar-refractivity contribution >= 4 is 28.7 Å². The van der Waals surface area contributed by atoms with E-state index in [2.05, 4.69) is 10.4 Å². The molecule has 1 N–H and O–H groups in total. The maximum atomic E-state index is 12.7. The normalized spacial score (nSPS) is 22.8. The molecule has 0 spiro atoms. The summed E-state index contributed by atoms with van der Waals surface area (Å²) < 4.78 is 0. The number of nitrogens with one attached hydrogen (secondary N) is 1. The maximum absolute atomic E-state index is 12.7. The third kappa shape index (κ3) is 2.04. The standard InChI is InChI=1S/C18H15N3O2/c1-11-15-17(23)16(22)13-9-5-6-10-14(13)19-18(15)21(20-11)12-7-3-2-4-8-12/h2-10,15,18-19H,1H3/t15-,18-/m0/s1. The minimum Gasteiger partial charge on any atom is -0.362 e. The average molecular weight is 305 g/mol. The lowest BCUT2D eigenvalue weighted by Crippen LogP contribution is -2.43. The number of para-hydroxylation sites is 2. The Bertz CT molecular complexity index is 829. The molecular weight excluding hydrogens is 290 g/mol. The van der Waals surface area contributed by atoms with Crippen LogP contribution in [0.2, 0.25) is 0 Å². The predicted molar refractivity (Wildman–Crippen MR) is 88.7 cm³/mol. The summed E-state index contributed by atoms with van der Waals surface area (Å²) >= 11 is 0. The molecule has 2 aliphatic rings. The van der Waals surface area contributed by atoms with Crippen LogP contribution < -0.4 is 10.3 Å². The first-order valence-corrected chi connectivity index (χ1v) is 7.50. The fourth-order valence-electron chi connectivity index (χ4n) is 3.18. The van der Waals surface area contributed by atoms with E-state index in [9.17, 15) is 9.59 Å². The van der Waals surface area contributed by atoms with E-state index in [1.807, 2.05) is 42.5 Å². The molecule has 23 heavy (non-hydrogen) atoms. The van der Waals surface area contributed by atoms with Gasteiger partial charge in [0.25, 0.3) is 0 Å². The van der Waals surface area contributed by atoms with Crippen molar-refractivity contribution in [3.8, 4) is 0 Å². The van der Waals surface area contributed by atoms with Gasteiger partial charge < -0.3 is 5.32 Å². The number of carbonyl (C=O) groups excluding carboxylic acids is 2. The largest absolute Gasteiger partial charge is 0.362 e. The Hall–Kier alpha value is -2.95. The Kier molecular flexibility index (Phi) is 3.01. The Labute approximate surface area is 133 Å². The second-order valence-corrected chi connectivity index (χ2v) is 5.73. The van der Waals surface area contributed by atoms with Gasteiger partial charge in [-0.05, 0) is 31.2 Å². The second kappa shape index (κ2) is 5.05. The van der Waals surface area contributed by atoms with E-state index in [-0.39, 0.29) is 0 Å². The molecule has 2 aliphatic heterocycles. The van der Waals surface area contributed by atoms with Crippen LogP contribution in [0.3, 0.4) is 0 Å². The summed E-state index contributed by atoms with van der Waals surface area (Å²) in [7, 11) is 0. The Balaban J connectivity index is 1.83. The first-order chi connectivity index (χ1) is 11.2. The number of hydrogen-bond donors (Lipinski definition) is 1. The lowest BCUT2D eigenvalue weighted by Gasteiger charge is -2.27. The van der Waals surface area contributed by atoms with Gasteiger partial charge in [-0.3, -0.25) is 9.59 Å². The van der Waals surface area contributed by atoms with E-state index in [1.165, 1.54) is 0 Å². The van der Waals surface area contributed by atoms with Gasteiger partial charge in [0.2, 0.25) is 11.6 Å². The molecule has 114 valence electrons. The zero-order valence-electron chi connectivity index (χ0n) is 12.6. The van der Waals surface area contributed by atoms with Crippen molar-refractivity contribution in [2.75, 3.05) is 10.3 Å². The van der Waals surface area contributed by atoms with Crippen molar-refractivity contribution in [3.05, 3.63) is 60.2 Å². The predicted octanol–water partition coefficient (Wildman–Crippen LogP) is 2.70. The molecule has 0 amide bonds. The zero-order valence-corrected chi connectivity index (χ0v) is 12.6. The van der Waals surface area contributed by atoms with Crippen molar-refractivity contribution in [2.24, 2.45) is 11.0 Å². The van der Waals surface area contributed by atoms with Crippen LogP contribution in [0.25, 0.3) is 0 Å². The summed E-state index contributed by atoms with van der Waals surface area (Å²) in [6.45, 7) is 1.80. The number of carbonyl (C=O) groups is 2. The number of fused-ring (bicyclic) bond motifs is 2. The molecule has 5 nitrogen and oxygen atoms in total. The second-order valence-electron chi connectivity index (χ2n) is 5.73. The first-order valence-electron chi connectivity index (χ1n) is 7.50. The molecule has 0 fully saturated rings. The van der Waals surface area contributed by atoms with Gasteiger partial charge in [0.05, 0.1) is 11.4 Å². The van der Waals surface area contributed by atoms with E-state index in [0.29, 0.717) is 17.0 Å². The van der Waals surface area contributed by atoms with E-state index >= 15 is 0 Å². The van der Waals surface area contributed by atoms with Gasteiger partial charge in [-0.25, -0.2) is 5.01 Å². The van der Waals surface area contributed by atoms with Crippen LogP contribution in [0, 0.1) is 5.92 Å². The molecule has 5 heteroatoms. The summed E-state index contributed by atoms with van der Waals surface area (Å²) in [6, 6.07) is 16.8. The summed E-state index contributed by atoms with van der Waals surface area (Å²) in [5.41, 5.74) is 2.63. The number of benzene rings is 2. The van der Waals surface area contributed by atoms with E-state index < -0.39 is 23.7 Å². The van der Waals surface area contributed by atoms with Gasteiger partial charge in [0.15, 0.2) is 0 Å². The summed E-state index contributed by atoms with van der Waals surface area (Å²) in [6.07, 6.45) is -0.391. The lowest BCUT2D eigenvalue weighted by molar-refractivity contribution is -0.116. The molecule has 0 unspecified atom stereocenters. The highest BCUT2D eigenvalue weighted by Gasteiger charge is 2.46. The molecule has 2 aromatic carbocycles. The van der Waals surface area contributed by atoms with Gasteiger partial charge >= 0.3 is 0 Å². The molecule has 0 radical (unpaired) electrons. The molecule has 2 heterocycles. The fraction of sp³-hybridized carbons (Fsp3) is 0.167. The summed E-state index contributed by atoms with van der Waals surface area (Å²) in [4.78, 5) is 25.2. The number of nitrogens with zero attached hydrogens (tertiary/aromatic N) is 2. The molecule has 2 aromatic rings. The van der Waals surface area contributed by atoms with E-state index in [4.69, 9.17) is 0 Å². The number of hydrogen-bond acceptors (Lipinski definition) is 5. The van der Waals surface area contributed by atoms with Gasteiger partial charge in [-0.15, -0.1) is 0 Å². The molecule has 0 saturated heterocycles. The third-order valence-electron chi connectivity index (χ3n) is 4.30. The first kappa shape index (κ1) is 13.7. The van der Waals surface area contributed by atoms with Gasteiger partial charge in [-0.1, -0.05) is 30.3 Å². The minimum absolute atomic E-state index is 0.391. The van der Waals surface area contributed by atoms with Crippen LogP contribution in [0.1, 0.15) is 17.3 Å². The van der Waals surface area contributed by atoms with Crippen LogP contribution in [0.15, 0.2) is 59.7 Å². The van der Waals surface area contributed by atoms with Crippen LogP contribution in [-0.4, -0.2) is 23.4 Å². The van der Waals surface area contributed by atoms with Crippen LogP contribution in [-0.2, 0) is 4.79 Å². The quantitative estimate of drug-likeness (QED) is 0.823. The number of ketones is 2. The zero-order chi connectivity index (χ0) is 16.0. The summed E-state index contributed by atoms with van der Waals surface area (Å²) in [5, 5.41) is 9.63. The molecule has 0 saturated carbocycles. The molecular formula is C18H15N3O2. The van der Waals surface area contributed by atoms with Gasteiger partial charge in [-0.2, -0.15) is 5.10 Å². The summed E-state index contributed by atoms with van der Waals surface area (Å²) in [5.74, 6) is -1.44. The number of anilines is 2. The molecule has 0 bridgehead atoms. The van der Waals surface area contributed by atoms with Crippen molar-refractivity contribution in [2.45, 2.75) is 13.1 Å². The van der Waals surface area contributed by atoms with Gasteiger partial charge in [0.1, 0.15) is 12.1 Å². The monoisotopic (exact) mass is 305 g/mol. The molecule has 0 aromatic heterocycles. The third-order valence-corrected chi connectivity index (χ3v) is 4.30. The minimum atomic E-state index is -0.574. The molecule has 4 rings (SSSR count). The van der Waals surface area contributed by atoms with Crippen LogP contribution in [0.4, 0.5) is 11.4 Å². The molecule has 2 atom stereocenters. The highest BCUT2D eigenvalue weighted by Crippen LogP contribution is 2.34. The van der Waals surface area contributed by atoms with E-state index in [1.54, 1.807) is 24.1 Å². The van der Waals surface area contributed by atoms with Gasteiger partial charge in [0, 0.05) is 11.3 Å². The number of rotatable bonds is 1. The lowest BCUT2D eigenvalue weighted by atomic mass is 9.93. The van der Waals surface area contributed by atoms with Crippen molar-refractivity contribution in [3.63, 3.8) is 0 Å². The van der Waals surface area contributed by atoms with Crippen LogP contribution in [0.5, 0.6) is 0 Å². The topological polar surface area (TPSA) is 61.8 Å². The Morgan fingerprint density at radius 1 is 1.00 bits per heavy atom. The average Bonchev–Trinajstić information content (AvgIpc) is 2.85. The van der Waals surface area contributed by atoms with Crippen molar-refractivity contribution in [1.29, 1.82) is 0 Å². The Morgan fingerprint density at radius 3 is 2.48 bits per heavy atom. The fourth-order valence-corrected chi connectivity index (χ4v) is 3.18. The number of Topliss-reactive ketones (excluding diaryl/α,β-unsaturated/α-hetero) is 2. The number of hydrazone groups is 1.